The van der Waals surface area contributed by atoms with Gasteiger partial charge < -0.3 is 15.3 Å². The minimum atomic E-state index is -0.214. The molecule has 0 heterocycles. The van der Waals surface area contributed by atoms with Gasteiger partial charge in [0.1, 0.15) is 5.75 Å². The van der Waals surface area contributed by atoms with Crippen molar-refractivity contribution in [3.63, 3.8) is 0 Å². The van der Waals surface area contributed by atoms with Crippen molar-refractivity contribution < 1.29 is 15.3 Å². The summed E-state index contributed by atoms with van der Waals surface area (Å²) in [4.78, 5) is 0. The fraction of sp³-hybridized carbons (Fsp3) is 0.294. The van der Waals surface area contributed by atoms with E-state index in [1.807, 2.05) is 13.0 Å². The average molecular weight is 272 g/mol. The summed E-state index contributed by atoms with van der Waals surface area (Å²) >= 11 is 0. The van der Waals surface area contributed by atoms with Crippen molar-refractivity contribution in [2.45, 2.75) is 33.1 Å². The van der Waals surface area contributed by atoms with Crippen molar-refractivity contribution in [1.82, 2.24) is 0 Å². The molecule has 20 heavy (non-hydrogen) atoms. The van der Waals surface area contributed by atoms with Crippen LogP contribution in [0.5, 0.6) is 17.2 Å². The Kier molecular flexibility index (Phi) is 3.38. The maximum Gasteiger partial charge on any atom is 0.165 e. The summed E-state index contributed by atoms with van der Waals surface area (Å²) in [6.07, 6.45) is 0. The third-order valence-electron chi connectivity index (χ3n) is 3.39. The van der Waals surface area contributed by atoms with E-state index in [1.54, 1.807) is 18.2 Å². The Morgan fingerprint density at radius 1 is 0.800 bits per heavy atom. The lowest BCUT2D eigenvalue weighted by Gasteiger charge is -2.20. The molecule has 0 aliphatic heterocycles. The van der Waals surface area contributed by atoms with Gasteiger partial charge in [0.2, 0.25) is 0 Å². The fourth-order valence-corrected chi connectivity index (χ4v) is 2.19. The minimum absolute atomic E-state index is 0.0627. The summed E-state index contributed by atoms with van der Waals surface area (Å²) in [7, 11) is 0. The molecule has 0 amide bonds. The molecule has 0 aromatic heterocycles. The number of aromatic hydroxyl groups is 3. The van der Waals surface area contributed by atoms with Gasteiger partial charge in [-0.1, -0.05) is 32.9 Å². The van der Waals surface area contributed by atoms with Crippen molar-refractivity contribution in [1.29, 1.82) is 0 Å². The van der Waals surface area contributed by atoms with Crippen LogP contribution >= 0.6 is 0 Å². The van der Waals surface area contributed by atoms with E-state index in [2.05, 4.69) is 20.8 Å². The summed E-state index contributed by atoms with van der Waals surface area (Å²) in [5.74, 6) is -0.300. The van der Waals surface area contributed by atoms with Gasteiger partial charge in [0.15, 0.2) is 11.5 Å². The second-order valence-electron chi connectivity index (χ2n) is 6.16. The zero-order valence-electron chi connectivity index (χ0n) is 12.2. The Morgan fingerprint density at radius 2 is 1.45 bits per heavy atom. The smallest absolute Gasteiger partial charge is 0.165 e. The van der Waals surface area contributed by atoms with Crippen molar-refractivity contribution in [2.75, 3.05) is 0 Å². The first kappa shape index (κ1) is 14.3. The monoisotopic (exact) mass is 272 g/mol. The minimum Gasteiger partial charge on any atom is -0.507 e. The van der Waals surface area contributed by atoms with E-state index in [0.29, 0.717) is 11.1 Å². The lowest BCUT2D eigenvalue weighted by molar-refractivity contribution is 0.404. The molecule has 3 nitrogen and oxygen atoms in total. The van der Waals surface area contributed by atoms with Crippen LogP contribution in [-0.2, 0) is 5.41 Å². The number of rotatable bonds is 1. The van der Waals surface area contributed by atoms with Crippen molar-refractivity contribution >= 4 is 0 Å². The molecule has 0 saturated carbocycles. The molecule has 3 N–H and O–H groups in total. The van der Waals surface area contributed by atoms with E-state index in [1.165, 1.54) is 6.07 Å². The Morgan fingerprint density at radius 3 is 2.00 bits per heavy atom. The maximum atomic E-state index is 10.2. The molecule has 106 valence electrons. The molecule has 2 aromatic carbocycles. The van der Waals surface area contributed by atoms with Crippen LogP contribution in [0.4, 0.5) is 0 Å². The zero-order valence-corrected chi connectivity index (χ0v) is 12.2. The van der Waals surface area contributed by atoms with E-state index >= 15 is 0 Å². The highest BCUT2D eigenvalue weighted by Crippen LogP contribution is 2.42. The van der Waals surface area contributed by atoms with E-state index < -0.39 is 0 Å². The van der Waals surface area contributed by atoms with Crippen LogP contribution in [0.1, 0.15) is 31.9 Å². The number of hydrogen-bond donors (Lipinski definition) is 3. The summed E-state index contributed by atoms with van der Waals surface area (Å²) in [6, 6.07) is 8.62. The molecule has 0 fully saturated rings. The van der Waals surface area contributed by atoms with Crippen LogP contribution in [0.15, 0.2) is 30.3 Å². The van der Waals surface area contributed by atoms with Crippen molar-refractivity contribution in [2.24, 2.45) is 0 Å². The zero-order chi connectivity index (χ0) is 15.1. The Balaban J connectivity index is 2.60. The number of phenolic OH excluding ortho intramolecular Hbond substituents is 3. The highest BCUT2D eigenvalue weighted by molar-refractivity contribution is 5.78. The molecule has 0 spiro atoms. The highest BCUT2D eigenvalue weighted by atomic mass is 16.3. The van der Waals surface area contributed by atoms with Crippen molar-refractivity contribution in [3.05, 3.63) is 41.5 Å². The van der Waals surface area contributed by atoms with Gasteiger partial charge in [-0.05, 0) is 41.7 Å². The first-order valence-electron chi connectivity index (χ1n) is 6.56. The molecule has 0 saturated heterocycles. The second-order valence-corrected chi connectivity index (χ2v) is 6.16. The summed E-state index contributed by atoms with van der Waals surface area (Å²) in [5.41, 5.74) is 2.70. The first-order chi connectivity index (χ1) is 9.20. The topological polar surface area (TPSA) is 60.7 Å². The molecule has 0 bridgehead atoms. The Bertz CT molecular complexity index is 652. The van der Waals surface area contributed by atoms with Gasteiger partial charge in [0.05, 0.1) is 0 Å². The highest BCUT2D eigenvalue weighted by Gasteiger charge is 2.18. The third kappa shape index (κ3) is 2.57. The van der Waals surface area contributed by atoms with Gasteiger partial charge in [-0.2, -0.15) is 0 Å². The van der Waals surface area contributed by atoms with Gasteiger partial charge >= 0.3 is 0 Å². The molecule has 0 aliphatic carbocycles. The molecule has 0 atom stereocenters. The quantitative estimate of drug-likeness (QED) is 0.686. The van der Waals surface area contributed by atoms with Crippen LogP contribution in [0.3, 0.4) is 0 Å². The summed E-state index contributed by atoms with van der Waals surface area (Å²) in [5, 5.41) is 29.9. The predicted octanol–water partition coefficient (Wildman–Crippen LogP) is 4.08. The van der Waals surface area contributed by atoms with Crippen LogP contribution in [0.25, 0.3) is 11.1 Å². The van der Waals surface area contributed by atoms with Gasteiger partial charge in [0.25, 0.3) is 0 Å². The maximum absolute atomic E-state index is 10.2. The normalized spacial score (nSPS) is 11.6. The number of benzene rings is 2. The summed E-state index contributed by atoms with van der Waals surface area (Å²) < 4.78 is 0. The standard InChI is InChI=1S/C17H20O3/c1-10-7-13(16(20)15(19)8-10)12-6-5-11(9-14(12)18)17(2,3)4/h5-9,18-20H,1-4H3. The van der Waals surface area contributed by atoms with E-state index in [4.69, 9.17) is 0 Å². The van der Waals surface area contributed by atoms with Crippen LogP contribution in [0.2, 0.25) is 0 Å². The van der Waals surface area contributed by atoms with E-state index in [9.17, 15) is 15.3 Å². The lowest BCUT2D eigenvalue weighted by atomic mass is 9.85. The largest absolute Gasteiger partial charge is 0.507 e. The van der Waals surface area contributed by atoms with Gasteiger partial charge in [-0.3, -0.25) is 0 Å². The number of aryl methyl sites for hydroxylation is 1. The number of phenols is 3. The first-order valence-corrected chi connectivity index (χ1v) is 6.56. The third-order valence-corrected chi connectivity index (χ3v) is 3.39. The SMILES string of the molecule is Cc1cc(O)c(O)c(-c2ccc(C(C)(C)C)cc2O)c1. The molecular weight excluding hydrogens is 252 g/mol. The molecular formula is C17H20O3. The number of hydrogen-bond acceptors (Lipinski definition) is 3. The van der Waals surface area contributed by atoms with Crippen molar-refractivity contribution in [3.8, 4) is 28.4 Å². The molecule has 3 heteroatoms. The lowest BCUT2D eigenvalue weighted by Crippen LogP contribution is -2.10. The van der Waals surface area contributed by atoms with Crippen LogP contribution in [0, 0.1) is 6.92 Å². The Labute approximate surface area is 119 Å². The molecule has 2 rings (SSSR count). The van der Waals surface area contributed by atoms with Crippen LogP contribution in [-0.4, -0.2) is 15.3 Å². The van der Waals surface area contributed by atoms with E-state index in [-0.39, 0.29) is 22.7 Å². The summed E-state index contributed by atoms with van der Waals surface area (Å²) in [6.45, 7) is 8.02. The van der Waals surface area contributed by atoms with Gasteiger partial charge in [-0.25, -0.2) is 0 Å². The van der Waals surface area contributed by atoms with Gasteiger partial charge in [0, 0.05) is 11.1 Å². The molecule has 2 aromatic rings. The van der Waals surface area contributed by atoms with Gasteiger partial charge in [-0.15, -0.1) is 0 Å². The molecule has 0 aliphatic rings. The molecule has 0 radical (unpaired) electrons. The average Bonchev–Trinajstić information content (AvgIpc) is 2.33. The molecule has 0 unspecified atom stereocenters. The fourth-order valence-electron chi connectivity index (χ4n) is 2.19. The van der Waals surface area contributed by atoms with Crippen LogP contribution < -0.4 is 0 Å². The Hall–Kier alpha value is -2.16. The second kappa shape index (κ2) is 4.75. The predicted molar refractivity (Wildman–Crippen MR) is 80.3 cm³/mol. The van der Waals surface area contributed by atoms with E-state index in [0.717, 1.165) is 11.1 Å².